The van der Waals surface area contributed by atoms with Crippen molar-refractivity contribution in [3.63, 3.8) is 0 Å². The predicted octanol–water partition coefficient (Wildman–Crippen LogP) is 7.84. The largest absolute Gasteiger partial charge is 0.640 e. The molecule has 0 aliphatic heterocycles. The molecule has 38 heavy (non-hydrogen) atoms. The first-order valence-electron chi connectivity index (χ1n) is 8.67. The lowest BCUT2D eigenvalue weighted by Gasteiger charge is -2.21. The van der Waals surface area contributed by atoms with Crippen LogP contribution in [0.4, 0.5) is 39.5 Å². The summed E-state index contributed by atoms with van der Waals surface area (Å²) in [6.07, 6.45) is -14.9. The molecule has 0 aromatic carbocycles. The third-order valence-corrected chi connectivity index (χ3v) is 3.28. The van der Waals surface area contributed by atoms with Crippen molar-refractivity contribution in [1.29, 1.82) is 0 Å². The van der Waals surface area contributed by atoms with Gasteiger partial charge in [-0.1, -0.05) is 104 Å². The van der Waals surface area contributed by atoms with Crippen LogP contribution in [0, 0.1) is 0 Å². The molecular weight excluding hydrogens is 752 g/mol. The fraction of sp³-hybridized carbons (Fsp3) is 1.00. The van der Waals surface area contributed by atoms with Crippen LogP contribution in [0.2, 0.25) is 0 Å². The molecule has 0 heterocycles. The van der Waals surface area contributed by atoms with Gasteiger partial charge in [0.25, 0.3) is 0 Å². The van der Waals surface area contributed by atoms with Crippen LogP contribution in [0.25, 0.3) is 0 Å². The summed E-state index contributed by atoms with van der Waals surface area (Å²) >= 11 is 49.5. The van der Waals surface area contributed by atoms with Crippen molar-refractivity contribution in [3.05, 3.63) is 0 Å². The predicted molar refractivity (Wildman–Crippen MR) is 126 cm³/mol. The highest BCUT2D eigenvalue weighted by Crippen LogP contribution is 2.30. The Labute approximate surface area is 255 Å². The van der Waals surface area contributed by atoms with Gasteiger partial charge in [0.2, 0.25) is 11.4 Å². The molecule has 0 radical (unpaired) electrons. The summed E-state index contributed by atoms with van der Waals surface area (Å²) in [6, 6.07) is 0. The molecule has 0 unspecified atom stereocenters. The van der Waals surface area contributed by atoms with Crippen LogP contribution in [-0.2, 0) is 27.9 Å². The van der Waals surface area contributed by atoms with Crippen LogP contribution < -0.4 is 0 Å². The van der Waals surface area contributed by atoms with Gasteiger partial charge in [-0.25, -0.2) is 0 Å². The van der Waals surface area contributed by atoms with Gasteiger partial charge in [0.15, 0.2) is 0 Å². The maximum atomic E-state index is 11.7. The molecule has 228 valence electrons. The van der Waals surface area contributed by atoms with E-state index in [-0.39, 0.29) is 19.8 Å². The summed E-state index contributed by atoms with van der Waals surface area (Å²) in [7, 11) is -4.06. The molecule has 0 aliphatic rings. The lowest BCUT2D eigenvalue weighted by molar-refractivity contribution is -0.187. The second kappa shape index (κ2) is 17.9. The quantitative estimate of drug-likeness (QED) is 0.115. The lowest BCUT2D eigenvalue weighted by Crippen LogP contribution is -2.37. The molecule has 0 saturated heterocycles. The maximum absolute atomic E-state index is 11.7. The van der Waals surface area contributed by atoms with Gasteiger partial charge in [0.1, 0.15) is 19.8 Å². The van der Waals surface area contributed by atoms with Gasteiger partial charge in [0.05, 0.1) is 19.8 Å². The number of alkyl halides is 18. The maximum Gasteiger partial charge on any atom is 0.640 e. The van der Waals surface area contributed by atoms with Crippen molar-refractivity contribution in [2.75, 3.05) is 39.6 Å². The van der Waals surface area contributed by atoms with Crippen LogP contribution in [0.15, 0.2) is 0 Å². The van der Waals surface area contributed by atoms with E-state index in [4.69, 9.17) is 118 Å². The second-order valence-corrected chi connectivity index (χ2v) is 13.7. The number of rotatable bonds is 12. The van der Waals surface area contributed by atoms with Crippen molar-refractivity contribution in [2.24, 2.45) is 0 Å². The Morgan fingerprint density at radius 1 is 0.342 bits per heavy atom. The zero-order chi connectivity index (χ0) is 30.6. The Kier molecular flexibility index (Phi) is 19.7. The Balaban J connectivity index is 0. The summed E-state index contributed by atoms with van der Waals surface area (Å²) in [4.78, 5) is 0. The molecule has 0 bridgehead atoms. The highest BCUT2D eigenvalue weighted by Gasteiger charge is 2.39. The van der Waals surface area contributed by atoms with Gasteiger partial charge in [-0.05, 0) is 0 Å². The van der Waals surface area contributed by atoms with E-state index in [1.807, 2.05) is 0 Å². The Morgan fingerprint density at radius 3 is 0.632 bits per heavy atom. The van der Waals surface area contributed by atoms with Gasteiger partial charge in [0, 0.05) is 0 Å². The third kappa shape index (κ3) is 35.9. The van der Waals surface area contributed by atoms with E-state index >= 15 is 0 Å². The first-order valence-corrected chi connectivity index (χ1v) is 12.1. The van der Waals surface area contributed by atoms with E-state index in [0.717, 1.165) is 0 Å². The van der Waals surface area contributed by atoms with Crippen LogP contribution in [0.5, 0.6) is 0 Å². The average Bonchev–Trinajstić information content (AvgIpc) is 2.62. The number of hydrogen-bond donors (Lipinski definition) is 0. The van der Waals surface area contributed by atoms with Crippen molar-refractivity contribution >= 4 is 119 Å². The van der Waals surface area contributed by atoms with E-state index < -0.39 is 64.4 Å². The van der Waals surface area contributed by atoms with Crippen LogP contribution in [0.3, 0.4) is 0 Å². The molecule has 0 N–H and O–H groups in total. The van der Waals surface area contributed by atoms with Gasteiger partial charge in [-0.2, -0.15) is 39.5 Å². The average molecular weight is 764 g/mol. The minimum absolute atomic E-state index is 0.345. The monoisotopic (exact) mass is 760 g/mol. The van der Waals surface area contributed by atoms with E-state index in [0.29, 0.717) is 0 Å². The van der Waals surface area contributed by atoms with Crippen LogP contribution in [0.1, 0.15) is 0 Å². The van der Waals surface area contributed by atoms with Crippen LogP contribution in [-0.4, -0.2) is 84.2 Å². The Bertz CT molecular complexity index is 507. The third-order valence-electron chi connectivity index (χ3n) is 2.30. The Hall–Kier alpha value is 1.87. The zero-order valence-electron chi connectivity index (χ0n) is 17.7. The van der Waals surface area contributed by atoms with Gasteiger partial charge < -0.3 is 27.9 Å². The van der Waals surface area contributed by atoms with Crippen molar-refractivity contribution in [1.82, 2.24) is 0 Å². The van der Waals surface area contributed by atoms with Gasteiger partial charge >= 0.3 is 33.2 Å². The minimum Gasteiger partial charge on any atom is -0.381 e. The lowest BCUT2D eigenvalue weighted by atomic mass is 10.2. The van der Waals surface area contributed by atoms with Gasteiger partial charge in [-0.15, -0.1) is 0 Å². The zero-order valence-corrected chi connectivity index (χ0v) is 24.5. The molecule has 0 aliphatic carbocycles. The van der Waals surface area contributed by atoms with Crippen molar-refractivity contribution in [3.8, 4) is 0 Å². The summed E-state index contributed by atoms with van der Waals surface area (Å²) in [5, 5.41) is 0. The molecule has 0 atom stereocenters. The number of hydrogen-bond acceptors (Lipinski definition) is 6. The molecular formula is C12H12B2Cl9F9O6. The first kappa shape index (κ1) is 42.0. The highest BCUT2D eigenvalue weighted by atomic mass is 35.6. The highest BCUT2D eigenvalue weighted by molar-refractivity contribution is 6.69. The molecule has 26 heteroatoms. The fourth-order valence-electron chi connectivity index (χ4n) is 1.26. The molecule has 0 spiro atoms. The molecule has 0 fully saturated rings. The first-order chi connectivity index (χ1) is 16.6. The smallest absolute Gasteiger partial charge is 0.381 e. The molecule has 0 saturated carbocycles. The Morgan fingerprint density at radius 2 is 0.500 bits per heavy atom. The normalized spacial score (nSPS) is 13.7. The van der Waals surface area contributed by atoms with Crippen LogP contribution >= 0.6 is 104 Å². The molecule has 0 aromatic rings. The summed E-state index contributed by atoms with van der Waals surface area (Å²) in [5.74, 6) is 0. The summed E-state index contributed by atoms with van der Waals surface area (Å²) < 4.78 is 126. The van der Waals surface area contributed by atoms with Gasteiger partial charge in [-0.3, -0.25) is 0 Å². The van der Waals surface area contributed by atoms with E-state index in [9.17, 15) is 39.5 Å². The summed E-state index contributed by atoms with van der Waals surface area (Å²) in [5.41, 5.74) is 0. The number of halogens is 18. The fourth-order valence-corrected chi connectivity index (χ4v) is 1.83. The second-order valence-electron chi connectivity index (χ2n) is 6.13. The molecule has 0 amide bonds. The standard InChI is InChI=1S/C6H6BCl9O3.C6H6BF9O3/c2*8-4(9,10)1-17-7(18-2-5(11,12)13)19-3-6(14,15)16/h2*1-3H2. The van der Waals surface area contributed by atoms with E-state index in [1.54, 1.807) is 0 Å². The minimum atomic E-state index is -4.96. The van der Waals surface area contributed by atoms with E-state index in [1.165, 1.54) is 0 Å². The molecule has 0 aromatic heterocycles. The molecule has 6 nitrogen and oxygen atoms in total. The van der Waals surface area contributed by atoms with Crippen molar-refractivity contribution in [2.45, 2.75) is 29.9 Å². The van der Waals surface area contributed by atoms with E-state index in [2.05, 4.69) is 14.0 Å². The summed E-state index contributed by atoms with van der Waals surface area (Å²) in [6.45, 7) is -7.39. The van der Waals surface area contributed by atoms with Crippen molar-refractivity contribution < 1.29 is 67.4 Å². The topological polar surface area (TPSA) is 55.4 Å². The molecule has 0 rings (SSSR count). The SMILES string of the molecule is ClC(Cl)(Cl)COB(OCC(Cl)(Cl)Cl)OCC(Cl)(Cl)Cl.FC(F)(F)COB(OCC(F)(F)F)OCC(F)(F)F.